The summed E-state index contributed by atoms with van der Waals surface area (Å²) in [6.45, 7) is 3.97. The van der Waals surface area contributed by atoms with Gasteiger partial charge in [0.25, 0.3) is 0 Å². The zero-order chi connectivity index (χ0) is 13.7. The third-order valence-electron chi connectivity index (χ3n) is 3.16. The Labute approximate surface area is 114 Å². The van der Waals surface area contributed by atoms with Crippen molar-refractivity contribution >= 4 is 9.84 Å². The molecule has 1 aliphatic heterocycles. The molecule has 0 radical (unpaired) electrons. The van der Waals surface area contributed by atoms with E-state index < -0.39 is 9.84 Å². The summed E-state index contributed by atoms with van der Waals surface area (Å²) in [6.07, 6.45) is 5.78. The number of nitrogens with zero attached hydrogens (tertiary/aromatic N) is 3. The fourth-order valence-electron chi connectivity index (χ4n) is 2.26. The Balaban J connectivity index is 1.74. The molecule has 2 rings (SSSR count). The topological polar surface area (TPSA) is 64.4 Å². The molecule has 7 heteroatoms. The van der Waals surface area contributed by atoms with Gasteiger partial charge < -0.3 is 4.74 Å². The Hall–Kier alpha value is -0.920. The minimum Gasteiger partial charge on any atom is -0.374 e. The highest BCUT2D eigenvalue weighted by Gasteiger charge is 2.20. The molecule has 1 saturated heterocycles. The van der Waals surface area contributed by atoms with Crippen LogP contribution in [-0.4, -0.2) is 67.5 Å². The zero-order valence-corrected chi connectivity index (χ0v) is 12.1. The molecule has 0 saturated carbocycles. The first kappa shape index (κ1) is 14.5. The third kappa shape index (κ3) is 5.30. The van der Waals surface area contributed by atoms with Crippen molar-refractivity contribution in [2.75, 3.05) is 38.2 Å². The molecule has 0 aromatic carbocycles. The van der Waals surface area contributed by atoms with Gasteiger partial charge in [-0.05, 0) is 19.0 Å². The summed E-state index contributed by atoms with van der Waals surface area (Å²) in [5.41, 5.74) is 0. The quantitative estimate of drug-likeness (QED) is 0.738. The minimum absolute atomic E-state index is 0.131. The van der Waals surface area contributed by atoms with Crippen molar-refractivity contribution in [3.05, 3.63) is 18.5 Å². The lowest BCUT2D eigenvalue weighted by Gasteiger charge is -2.32. The van der Waals surface area contributed by atoms with E-state index in [1.807, 2.05) is 16.9 Å². The first-order valence-corrected chi connectivity index (χ1v) is 8.58. The van der Waals surface area contributed by atoms with E-state index in [1.54, 1.807) is 6.20 Å². The van der Waals surface area contributed by atoms with Gasteiger partial charge in [0.1, 0.15) is 9.84 Å². The maximum atomic E-state index is 11.1. The van der Waals surface area contributed by atoms with Gasteiger partial charge in [0.2, 0.25) is 0 Å². The molecule has 0 spiro atoms. The number of morpholine rings is 1. The molecule has 0 amide bonds. The van der Waals surface area contributed by atoms with Crippen molar-refractivity contribution in [1.29, 1.82) is 0 Å². The largest absolute Gasteiger partial charge is 0.374 e. The Morgan fingerprint density at radius 2 is 2.32 bits per heavy atom. The molecule has 0 N–H and O–H groups in total. The molecule has 6 nitrogen and oxygen atoms in total. The van der Waals surface area contributed by atoms with Gasteiger partial charge in [-0.1, -0.05) is 0 Å². The predicted octanol–water partition coefficient (Wildman–Crippen LogP) is 0.0186. The van der Waals surface area contributed by atoms with E-state index in [-0.39, 0.29) is 11.9 Å². The van der Waals surface area contributed by atoms with Gasteiger partial charge in [-0.25, -0.2) is 8.42 Å². The molecule has 0 bridgehead atoms. The lowest BCUT2D eigenvalue weighted by atomic mass is 10.2. The Kier molecular flexibility index (Phi) is 4.95. The maximum Gasteiger partial charge on any atom is 0.147 e. The summed E-state index contributed by atoms with van der Waals surface area (Å²) in [6, 6.07) is 1.90. The molecule has 19 heavy (non-hydrogen) atoms. The summed E-state index contributed by atoms with van der Waals surface area (Å²) >= 11 is 0. The Morgan fingerprint density at radius 3 is 3.00 bits per heavy atom. The molecule has 2 heterocycles. The van der Waals surface area contributed by atoms with Gasteiger partial charge in [0, 0.05) is 31.7 Å². The van der Waals surface area contributed by atoms with Gasteiger partial charge >= 0.3 is 0 Å². The van der Waals surface area contributed by atoms with Crippen LogP contribution in [0.15, 0.2) is 18.5 Å². The second-order valence-corrected chi connectivity index (χ2v) is 7.26. The van der Waals surface area contributed by atoms with Gasteiger partial charge in [-0.3, -0.25) is 9.58 Å². The molecule has 1 fully saturated rings. The number of rotatable bonds is 6. The standard InChI is InChI=1S/C12H21N3O3S/c1-19(16,17)9-3-5-14-7-8-18-12(10-14)11-15-6-2-4-13-15/h2,4,6,12H,3,5,7-11H2,1H3. The van der Waals surface area contributed by atoms with E-state index in [2.05, 4.69) is 10.00 Å². The average Bonchev–Trinajstić information content (AvgIpc) is 2.80. The molecule has 108 valence electrons. The molecule has 1 aromatic heterocycles. The van der Waals surface area contributed by atoms with Crippen LogP contribution in [0.5, 0.6) is 0 Å². The smallest absolute Gasteiger partial charge is 0.147 e. The molecule has 1 unspecified atom stereocenters. The Morgan fingerprint density at radius 1 is 1.47 bits per heavy atom. The van der Waals surface area contributed by atoms with Crippen LogP contribution in [0.25, 0.3) is 0 Å². The van der Waals surface area contributed by atoms with Gasteiger partial charge in [-0.15, -0.1) is 0 Å². The van der Waals surface area contributed by atoms with Crippen LogP contribution in [0.2, 0.25) is 0 Å². The first-order chi connectivity index (χ1) is 9.03. The summed E-state index contributed by atoms with van der Waals surface area (Å²) in [5.74, 6) is 0.258. The maximum absolute atomic E-state index is 11.1. The first-order valence-electron chi connectivity index (χ1n) is 6.52. The monoisotopic (exact) mass is 287 g/mol. The normalized spacial score (nSPS) is 21.6. The minimum atomic E-state index is -2.85. The SMILES string of the molecule is CS(=O)(=O)CCCN1CCOC(Cn2cccn2)C1. The summed E-state index contributed by atoms with van der Waals surface area (Å²) in [5, 5.41) is 4.17. The van der Waals surface area contributed by atoms with Crippen LogP contribution in [0.3, 0.4) is 0 Å². The van der Waals surface area contributed by atoms with Crippen molar-refractivity contribution in [3.63, 3.8) is 0 Å². The van der Waals surface area contributed by atoms with Gasteiger partial charge in [0.05, 0.1) is 25.0 Å². The number of hydrogen-bond donors (Lipinski definition) is 0. The van der Waals surface area contributed by atoms with Gasteiger partial charge in [-0.2, -0.15) is 5.10 Å². The predicted molar refractivity (Wildman–Crippen MR) is 72.7 cm³/mol. The molecule has 1 atom stereocenters. The van der Waals surface area contributed by atoms with E-state index in [0.717, 1.165) is 26.2 Å². The number of ether oxygens (including phenoxy) is 1. The fourth-order valence-corrected chi connectivity index (χ4v) is 2.91. The van der Waals surface area contributed by atoms with Crippen LogP contribution >= 0.6 is 0 Å². The van der Waals surface area contributed by atoms with Gasteiger partial charge in [0.15, 0.2) is 0 Å². The Bertz CT molecular complexity index is 472. The number of aromatic nitrogens is 2. The van der Waals surface area contributed by atoms with Crippen molar-refractivity contribution in [2.24, 2.45) is 0 Å². The highest BCUT2D eigenvalue weighted by atomic mass is 32.2. The number of hydrogen-bond acceptors (Lipinski definition) is 5. The molecular formula is C12H21N3O3S. The van der Waals surface area contributed by atoms with Crippen LogP contribution in [0.1, 0.15) is 6.42 Å². The highest BCUT2D eigenvalue weighted by Crippen LogP contribution is 2.08. The van der Waals surface area contributed by atoms with E-state index >= 15 is 0 Å². The molecule has 1 aromatic rings. The second-order valence-electron chi connectivity index (χ2n) is 5.00. The summed E-state index contributed by atoms with van der Waals surface area (Å²) in [7, 11) is -2.85. The van der Waals surface area contributed by atoms with Crippen molar-refractivity contribution < 1.29 is 13.2 Å². The van der Waals surface area contributed by atoms with E-state index in [1.165, 1.54) is 6.26 Å². The number of sulfone groups is 1. The third-order valence-corrected chi connectivity index (χ3v) is 4.19. The van der Waals surface area contributed by atoms with Crippen molar-refractivity contribution in [3.8, 4) is 0 Å². The van der Waals surface area contributed by atoms with Crippen LogP contribution in [0, 0.1) is 0 Å². The summed E-state index contributed by atoms with van der Waals surface area (Å²) < 4.78 is 29.8. The molecule has 0 aliphatic carbocycles. The van der Waals surface area contributed by atoms with Crippen molar-refractivity contribution in [1.82, 2.24) is 14.7 Å². The second kappa shape index (κ2) is 6.49. The zero-order valence-electron chi connectivity index (χ0n) is 11.2. The van der Waals surface area contributed by atoms with E-state index in [4.69, 9.17) is 4.74 Å². The van der Waals surface area contributed by atoms with E-state index in [9.17, 15) is 8.42 Å². The van der Waals surface area contributed by atoms with E-state index in [0.29, 0.717) is 13.0 Å². The lowest BCUT2D eigenvalue weighted by molar-refractivity contribution is -0.0372. The lowest BCUT2D eigenvalue weighted by Crippen LogP contribution is -2.44. The molecule has 1 aliphatic rings. The molecular weight excluding hydrogens is 266 g/mol. The highest BCUT2D eigenvalue weighted by molar-refractivity contribution is 7.90. The van der Waals surface area contributed by atoms with Crippen molar-refractivity contribution in [2.45, 2.75) is 19.1 Å². The van der Waals surface area contributed by atoms with Crippen LogP contribution < -0.4 is 0 Å². The van der Waals surface area contributed by atoms with Crippen LogP contribution in [0.4, 0.5) is 0 Å². The fraction of sp³-hybridized carbons (Fsp3) is 0.750. The average molecular weight is 287 g/mol. The summed E-state index contributed by atoms with van der Waals surface area (Å²) in [4.78, 5) is 2.27. The van der Waals surface area contributed by atoms with Crippen LogP contribution in [-0.2, 0) is 21.1 Å².